The first-order valence-corrected chi connectivity index (χ1v) is 3.25. The molecule has 0 bridgehead atoms. The number of nitrogens with two attached hydrogens (primary N) is 1. The van der Waals surface area contributed by atoms with Crippen molar-refractivity contribution in [3.05, 3.63) is 22.6 Å². The quantitative estimate of drug-likeness (QED) is 0.617. The van der Waals surface area contributed by atoms with Crippen LogP contribution in [0.5, 0.6) is 0 Å². The molecule has 0 aromatic rings. The van der Waals surface area contributed by atoms with Gasteiger partial charge in [-0.25, -0.2) is 0 Å². The lowest BCUT2D eigenvalue weighted by molar-refractivity contribution is 1.33. The minimum absolute atomic E-state index is 0.831. The standard InChI is InChI=1S/C6H11NS/c1-5(2)8-4-6(3)7/h4H,1,7H2,2-3H3/b6-4-. The minimum Gasteiger partial charge on any atom is -0.402 e. The molecule has 8 heavy (non-hydrogen) atoms. The van der Waals surface area contributed by atoms with Crippen LogP contribution in [0.1, 0.15) is 13.8 Å². The molecule has 0 radical (unpaired) electrons. The van der Waals surface area contributed by atoms with Crippen molar-refractivity contribution in [3.63, 3.8) is 0 Å². The van der Waals surface area contributed by atoms with Crippen LogP contribution < -0.4 is 5.73 Å². The Morgan fingerprint density at radius 2 is 2.12 bits per heavy atom. The zero-order valence-corrected chi connectivity index (χ0v) is 6.09. The second-order valence-corrected chi connectivity index (χ2v) is 2.85. The van der Waals surface area contributed by atoms with E-state index in [1.54, 1.807) is 11.8 Å². The van der Waals surface area contributed by atoms with Gasteiger partial charge in [0.25, 0.3) is 0 Å². The molecule has 0 aromatic heterocycles. The molecule has 0 saturated carbocycles. The Morgan fingerprint density at radius 1 is 1.62 bits per heavy atom. The number of hydrogen-bond acceptors (Lipinski definition) is 2. The summed E-state index contributed by atoms with van der Waals surface area (Å²) in [7, 11) is 0. The highest BCUT2D eigenvalue weighted by molar-refractivity contribution is 8.05. The first-order chi connectivity index (χ1) is 3.63. The molecular formula is C6H11NS. The van der Waals surface area contributed by atoms with E-state index in [1.165, 1.54) is 0 Å². The van der Waals surface area contributed by atoms with E-state index in [9.17, 15) is 0 Å². The van der Waals surface area contributed by atoms with Crippen LogP contribution in [0, 0.1) is 0 Å². The van der Waals surface area contributed by atoms with Gasteiger partial charge in [0.2, 0.25) is 0 Å². The fraction of sp³-hybridized carbons (Fsp3) is 0.333. The summed E-state index contributed by atoms with van der Waals surface area (Å²) in [5, 5.41) is 1.88. The summed E-state index contributed by atoms with van der Waals surface area (Å²) in [6.45, 7) is 7.50. The van der Waals surface area contributed by atoms with Crippen molar-refractivity contribution in [2.75, 3.05) is 0 Å². The summed E-state index contributed by atoms with van der Waals surface area (Å²) in [5.41, 5.74) is 6.17. The maximum absolute atomic E-state index is 5.34. The predicted molar refractivity (Wildman–Crippen MR) is 40.3 cm³/mol. The van der Waals surface area contributed by atoms with E-state index >= 15 is 0 Å². The van der Waals surface area contributed by atoms with Gasteiger partial charge in [-0.15, -0.1) is 11.8 Å². The first-order valence-electron chi connectivity index (χ1n) is 2.37. The van der Waals surface area contributed by atoms with Gasteiger partial charge in [0, 0.05) is 5.70 Å². The highest BCUT2D eigenvalue weighted by Crippen LogP contribution is 2.13. The molecule has 0 saturated heterocycles. The Labute approximate surface area is 54.6 Å². The highest BCUT2D eigenvalue weighted by atomic mass is 32.2. The second kappa shape index (κ2) is 3.61. The number of thioether (sulfide) groups is 1. The number of hydrogen-bond donors (Lipinski definition) is 1. The third-order valence-electron chi connectivity index (χ3n) is 0.446. The summed E-state index contributed by atoms with van der Waals surface area (Å²) >= 11 is 1.56. The van der Waals surface area contributed by atoms with Crippen molar-refractivity contribution in [2.45, 2.75) is 13.8 Å². The lowest BCUT2D eigenvalue weighted by Crippen LogP contribution is -1.87. The molecule has 0 aliphatic carbocycles. The maximum atomic E-state index is 5.34. The minimum atomic E-state index is 0.831. The van der Waals surface area contributed by atoms with E-state index in [1.807, 2.05) is 19.3 Å². The SMILES string of the molecule is C=C(C)S/C=C(/C)N. The fourth-order valence-corrected chi connectivity index (χ4v) is 0.581. The lowest BCUT2D eigenvalue weighted by atomic mass is 10.6. The molecule has 0 rings (SSSR count). The van der Waals surface area contributed by atoms with Gasteiger partial charge in [-0.05, 0) is 24.2 Å². The van der Waals surface area contributed by atoms with Gasteiger partial charge in [0.1, 0.15) is 0 Å². The van der Waals surface area contributed by atoms with Crippen molar-refractivity contribution in [1.29, 1.82) is 0 Å². The Balaban J connectivity index is 3.45. The van der Waals surface area contributed by atoms with Gasteiger partial charge in [-0.2, -0.15) is 0 Å². The molecular weight excluding hydrogens is 118 g/mol. The molecule has 2 heteroatoms. The van der Waals surface area contributed by atoms with Gasteiger partial charge in [-0.3, -0.25) is 0 Å². The van der Waals surface area contributed by atoms with E-state index in [0.29, 0.717) is 0 Å². The van der Waals surface area contributed by atoms with Crippen molar-refractivity contribution in [1.82, 2.24) is 0 Å². The van der Waals surface area contributed by atoms with Gasteiger partial charge in [-0.1, -0.05) is 6.58 Å². The summed E-state index contributed by atoms with van der Waals surface area (Å²) in [6.07, 6.45) is 0. The van der Waals surface area contributed by atoms with Crippen LogP contribution in [0.3, 0.4) is 0 Å². The Hall–Kier alpha value is -0.370. The monoisotopic (exact) mass is 129 g/mol. The average Bonchev–Trinajstić information content (AvgIpc) is 1.61. The van der Waals surface area contributed by atoms with Crippen molar-refractivity contribution in [3.8, 4) is 0 Å². The van der Waals surface area contributed by atoms with Crippen LogP contribution in [0.15, 0.2) is 22.6 Å². The van der Waals surface area contributed by atoms with Gasteiger partial charge >= 0.3 is 0 Å². The number of allylic oxidation sites excluding steroid dienone is 2. The summed E-state index contributed by atoms with van der Waals surface area (Å²) < 4.78 is 0. The zero-order chi connectivity index (χ0) is 6.57. The predicted octanol–water partition coefficient (Wildman–Crippen LogP) is 2.07. The van der Waals surface area contributed by atoms with Crippen LogP contribution in [-0.4, -0.2) is 0 Å². The van der Waals surface area contributed by atoms with E-state index in [-0.39, 0.29) is 0 Å². The largest absolute Gasteiger partial charge is 0.402 e. The highest BCUT2D eigenvalue weighted by Gasteiger charge is 1.79. The zero-order valence-electron chi connectivity index (χ0n) is 5.27. The third-order valence-corrected chi connectivity index (χ3v) is 1.34. The van der Waals surface area contributed by atoms with Crippen molar-refractivity contribution < 1.29 is 0 Å². The molecule has 0 heterocycles. The molecule has 0 aliphatic rings. The Morgan fingerprint density at radius 3 is 2.25 bits per heavy atom. The van der Waals surface area contributed by atoms with Crippen LogP contribution in [-0.2, 0) is 0 Å². The van der Waals surface area contributed by atoms with Crippen molar-refractivity contribution >= 4 is 11.8 Å². The molecule has 0 fully saturated rings. The van der Waals surface area contributed by atoms with Crippen molar-refractivity contribution in [2.24, 2.45) is 5.73 Å². The molecule has 0 spiro atoms. The molecule has 0 unspecified atom stereocenters. The normalized spacial score (nSPS) is 11.5. The molecule has 1 nitrogen and oxygen atoms in total. The molecule has 0 atom stereocenters. The Kier molecular flexibility index (Phi) is 3.44. The molecule has 0 aliphatic heterocycles. The van der Waals surface area contributed by atoms with Gasteiger partial charge < -0.3 is 5.73 Å². The number of rotatable bonds is 2. The topological polar surface area (TPSA) is 26.0 Å². The van der Waals surface area contributed by atoms with E-state index < -0.39 is 0 Å². The lowest BCUT2D eigenvalue weighted by Gasteiger charge is -1.89. The molecule has 2 N–H and O–H groups in total. The maximum Gasteiger partial charge on any atom is 0.0116 e. The first kappa shape index (κ1) is 7.63. The Bertz CT molecular complexity index is 112. The fourth-order valence-electron chi connectivity index (χ4n) is 0.194. The molecule has 46 valence electrons. The van der Waals surface area contributed by atoms with Gasteiger partial charge in [0.05, 0.1) is 0 Å². The van der Waals surface area contributed by atoms with Gasteiger partial charge in [0.15, 0.2) is 0 Å². The van der Waals surface area contributed by atoms with E-state index in [2.05, 4.69) is 6.58 Å². The van der Waals surface area contributed by atoms with Crippen LogP contribution in [0.4, 0.5) is 0 Å². The smallest absolute Gasteiger partial charge is 0.0116 e. The summed E-state index contributed by atoms with van der Waals surface area (Å²) in [4.78, 5) is 1.06. The summed E-state index contributed by atoms with van der Waals surface area (Å²) in [5.74, 6) is 0. The second-order valence-electron chi connectivity index (χ2n) is 1.68. The van der Waals surface area contributed by atoms with Crippen LogP contribution >= 0.6 is 11.8 Å². The van der Waals surface area contributed by atoms with E-state index in [0.717, 1.165) is 10.6 Å². The van der Waals surface area contributed by atoms with Crippen LogP contribution in [0.2, 0.25) is 0 Å². The molecule has 0 aromatic carbocycles. The average molecular weight is 129 g/mol. The van der Waals surface area contributed by atoms with E-state index in [4.69, 9.17) is 5.73 Å². The third kappa shape index (κ3) is 5.63. The molecule has 0 amide bonds. The van der Waals surface area contributed by atoms with Crippen LogP contribution in [0.25, 0.3) is 0 Å². The summed E-state index contributed by atoms with van der Waals surface area (Å²) in [6, 6.07) is 0.